The number of amides is 1. The van der Waals surface area contributed by atoms with Gasteiger partial charge >= 0.3 is 0 Å². The van der Waals surface area contributed by atoms with Crippen molar-refractivity contribution in [2.75, 3.05) is 31.6 Å². The topological polar surface area (TPSA) is 80.6 Å². The van der Waals surface area contributed by atoms with Crippen molar-refractivity contribution in [2.45, 2.75) is 4.90 Å². The number of nitrogens with zero attached hydrogens (tertiary/aromatic N) is 2. The molecule has 0 spiro atoms. The van der Waals surface area contributed by atoms with Gasteiger partial charge in [-0.3, -0.25) is 4.79 Å². The lowest BCUT2D eigenvalue weighted by Crippen LogP contribution is -2.40. The number of aromatic nitrogens is 1. The van der Waals surface area contributed by atoms with Crippen LogP contribution < -0.4 is 5.32 Å². The molecule has 7 nitrogen and oxygen atoms in total. The first kappa shape index (κ1) is 20.6. The van der Waals surface area contributed by atoms with E-state index in [1.807, 2.05) is 35.2 Å². The average Bonchev–Trinajstić information content (AvgIpc) is 3.31. The molecular formula is C21H20ClN3O4S. The molecular weight excluding hydrogens is 426 g/mol. The number of carbonyl (C=O) groups is 1. The van der Waals surface area contributed by atoms with E-state index in [0.717, 1.165) is 5.69 Å². The van der Waals surface area contributed by atoms with E-state index in [-0.39, 0.29) is 28.9 Å². The maximum atomic E-state index is 13.0. The predicted molar refractivity (Wildman–Crippen MR) is 115 cm³/mol. The van der Waals surface area contributed by atoms with E-state index in [1.54, 1.807) is 24.3 Å². The maximum absolute atomic E-state index is 13.0. The molecule has 1 aliphatic heterocycles. The van der Waals surface area contributed by atoms with Crippen molar-refractivity contribution in [3.63, 3.8) is 0 Å². The summed E-state index contributed by atoms with van der Waals surface area (Å²) in [6.07, 6.45) is 3.78. The summed E-state index contributed by atoms with van der Waals surface area (Å²) < 4.78 is 34.4. The van der Waals surface area contributed by atoms with Crippen molar-refractivity contribution in [3.8, 4) is 5.69 Å². The molecule has 1 amide bonds. The molecule has 0 bridgehead atoms. The fraction of sp³-hybridized carbons (Fsp3) is 0.190. The highest BCUT2D eigenvalue weighted by Crippen LogP contribution is 2.28. The number of anilines is 1. The molecule has 1 N–H and O–H groups in total. The van der Waals surface area contributed by atoms with Gasteiger partial charge in [0.1, 0.15) is 4.90 Å². The number of benzene rings is 2. The largest absolute Gasteiger partial charge is 0.379 e. The Bertz CT molecular complexity index is 1160. The highest BCUT2D eigenvalue weighted by molar-refractivity contribution is 7.89. The van der Waals surface area contributed by atoms with Crippen LogP contribution in [0.5, 0.6) is 0 Å². The second kappa shape index (κ2) is 8.61. The summed E-state index contributed by atoms with van der Waals surface area (Å²) in [5.41, 5.74) is 1.65. The maximum Gasteiger partial charge on any atom is 0.255 e. The fourth-order valence-electron chi connectivity index (χ4n) is 3.22. The Hall–Kier alpha value is -2.65. The SMILES string of the molecule is O=C(Nc1ccc(Cl)c(S(=O)(=O)N2CCOCC2)c1)c1cccc(-n2cccc2)c1. The smallest absolute Gasteiger partial charge is 0.255 e. The Kier molecular flexibility index (Phi) is 5.92. The first-order chi connectivity index (χ1) is 14.4. The van der Waals surface area contributed by atoms with Gasteiger partial charge in [-0.15, -0.1) is 0 Å². The van der Waals surface area contributed by atoms with Crippen LogP contribution in [0.2, 0.25) is 5.02 Å². The van der Waals surface area contributed by atoms with Crippen molar-refractivity contribution >= 4 is 33.2 Å². The Labute approximate surface area is 179 Å². The van der Waals surface area contributed by atoms with Gasteiger partial charge in [-0.2, -0.15) is 4.31 Å². The molecule has 2 heterocycles. The van der Waals surface area contributed by atoms with Crippen molar-refractivity contribution < 1.29 is 17.9 Å². The molecule has 0 radical (unpaired) electrons. The third-order valence-electron chi connectivity index (χ3n) is 4.79. The van der Waals surface area contributed by atoms with Crippen LogP contribution in [0, 0.1) is 0 Å². The van der Waals surface area contributed by atoms with Crippen LogP contribution in [0.1, 0.15) is 10.4 Å². The summed E-state index contributed by atoms with van der Waals surface area (Å²) in [4.78, 5) is 12.7. The van der Waals surface area contributed by atoms with E-state index >= 15 is 0 Å². The quantitative estimate of drug-likeness (QED) is 0.652. The van der Waals surface area contributed by atoms with E-state index in [4.69, 9.17) is 16.3 Å². The van der Waals surface area contributed by atoms with Gasteiger partial charge in [0.25, 0.3) is 5.91 Å². The Morgan fingerprint density at radius 1 is 1.00 bits per heavy atom. The minimum absolute atomic E-state index is 0.0371. The van der Waals surface area contributed by atoms with Gasteiger partial charge < -0.3 is 14.6 Å². The van der Waals surface area contributed by atoms with Crippen molar-refractivity contribution in [3.05, 3.63) is 77.6 Å². The zero-order valence-corrected chi connectivity index (χ0v) is 17.6. The molecule has 1 aromatic heterocycles. The van der Waals surface area contributed by atoms with Gasteiger partial charge in [0.05, 0.1) is 18.2 Å². The highest BCUT2D eigenvalue weighted by atomic mass is 35.5. The summed E-state index contributed by atoms with van der Waals surface area (Å²) in [6, 6.07) is 15.4. The molecule has 0 aliphatic carbocycles. The minimum atomic E-state index is -3.79. The fourth-order valence-corrected chi connectivity index (χ4v) is 5.13. The van der Waals surface area contributed by atoms with Crippen LogP contribution in [-0.4, -0.2) is 49.5 Å². The van der Waals surface area contributed by atoms with E-state index in [2.05, 4.69) is 5.32 Å². The molecule has 1 aliphatic rings. The first-order valence-corrected chi connectivity index (χ1v) is 11.2. The number of nitrogens with one attached hydrogen (secondary N) is 1. The van der Waals surface area contributed by atoms with Crippen LogP contribution >= 0.6 is 11.6 Å². The van der Waals surface area contributed by atoms with Gasteiger partial charge in [-0.1, -0.05) is 17.7 Å². The lowest BCUT2D eigenvalue weighted by atomic mass is 10.2. The average molecular weight is 446 g/mol. The van der Waals surface area contributed by atoms with Crippen molar-refractivity contribution in [2.24, 2.45) is 0 Å². The predicted octanol–water partition coefficient (Wildman–Crippen LogP) is 3.40. The highest BCUT2D eigenvalue weighted by Gasteiger charge is 2.28. The van der Waals surface area contributed by atoms with Gasteiger partial charge in [0, 0.05) is 42.4 Å². The van der Waals surface area contributed by atoms with Crippen molar-refractivity contribution in [1.82, 2.24) is 8.87 Å². The van der Waals surface area contributed by atoms with Crippen molar-refractivity contribution in [1.29, 1.82) is 0 Å². The second-order valence-corrected chi connectivity index (χ2v) is 9.07. The summed E-state index contributed by atoms with van der Waals surface area (Å²) in [6.45, 7) is 1.21. The van der Waals surface area contributed by atoms with Gasteiger partial charge in [-0.25, -0.2) is 8.42 Å². The second-order valence-electron chi connectivity index (χ2n) is 6.76. The van der Waals surface area contributed by atoms with Crippen LogP contribution in [-0.2, 0) is 14.8 Å². The van der Waals surface area contributed by atoms with Crippen LogP contribution in [0.3, 0.4) is 0 Å². The minimum Gasteiger partial charge on any atom is -0.379 e. The monoisotopic (exact) mass is 445 g/mol. The summed E-state index contributed by atoms with van der Waals surface area (Å²) in [5.74, 6) is -0.346. The number of sulfonamides is 1. The number of ether oxygens (including phenoxy) is 1. The molecule has 9 heteroatoms. The third kappa shape index (κ3) is 4.27. The number of halogens is 1. The molecule has 3 aromatic rings. The molecule has 2 aromatic carbocycles. The van der Waals surface area contributed by atoms with E-state index in [1.165, 1.54) is 16.4 Å². The summed E-state index contributed by atoms with van der Waals surface area (Å²) in [5, 5.41) is 2.86. The molecule has 0 unspecified atom stereocenters. The summed E-state index contributed by atoms with van der Waals surface area (Å²) >= 11 is 6.18. The number of hydrogen-bond acceptors (Lipinski definition) is 4. The van der Waals surface area contributed by atoms with E-state index in [0.29, 0.717) is 24.5 Å². The van der Waals surface area contributed by atoms with Crippen LogP contribution in [0.4, 0.5) is 5.69 Å². The zero-order chi connectivity index (χ0) is 21.1. The number of morpholine rings is 1. The Balaban J connectivity index is 1.58. The molecule has 0 atom stereocenters. The van der Waals surface area contributed by atoms with Gasteiger partial charge in [-0.05, 0) is 48.5 Å². The molecule has 156 valence electrons. The third-order valence-corrected chi connectivity index (χ3v) is 7.17. The Morgan fingerprint density at radius 2 is 1.73 bits per heavy atom. The first-order valence-electron chi connectivity index (χ1n) is 9.37. The molecule has 30 heavy (non-hydrogen) atoms. The van der Waals surface area contributed by atoms with E-state index < -0.39 is 10.0 Å². The Morgan fingerprint density at radius 3 is 2.47 bits per heavy atom. The zero-order valence-electron chi connectivity index (χ0n) is 16.0. The van der Waals surface area contributed by atoms with Gasteiger partial charge in [0.2, 0.25) is 10.0 Å². The molecule has 1 saturated heterocycles. The van der Waals surface area contributed by atoms with Gasteiger partial charge in [0.15, 0.2) is 0 Å². The molecule has 0 saturated carbocycles. The lowest BCUT2D eigenvalue weighted by Gasteiger charge is -2.26. The lowest BCUT2D eigenvalue weighted by molar-refractivity contribution is 0.0730. The van der Waals surface area contributed by atoms with Crippen LogP contribution in [0.25, 0.3) is 5.69 Å². The number of carbonyl (C=O) groups excluding carboxylic acids is 1. The van der Waals surface area contributed by atoms with E-state index in [9.17, 15) is 13.2 Å². The van der Waals surface area contributed by atoms with Crippen LogP contribution in [0.15, 0.2) is 71.9 Å². The number of hydrogen-bond donors (Lipinski definition) is 1. The standard InChI is InChI=1S/C21H20ClN3O4S/c22-19-7-6-17(15-20(19)30(27,28)25-10-12-29-13-11-25)23-21(26)16-4-3-5-18(14-16)24-8-1-2-9-24/h1-9,14-15H,10-13H2,(H,23,26). The molecule has 1 fully saturated rings. The summed E-state index contributed by atoms with van der Waals surface area (Å²) in [7, 11) is -3.79. The normalized spacial score (nSPS) is 15.1. The molecule has 4 rings (SSSR count). The number of rotatable bonds is 5.